The standard InChI is InChI=1S/C21H22FNO3/c1-2-3-14-18(22)15-21(20(25)26,17-12-8-5-9-13-17)23-19(24)16-10-6-4-7-11-16/h4-14H,2-3,15H2,1H3,(H,23,24)(H,25,26)/b18-14-. The first-order valence-corrected chi connectivity index (χ1v) is 8.50. The van der Waals surface area contributed by atoms with Gasteiger partial charge in [-0.15, -0.1) is 0 Å². The van der Waals surface area contributed by atoms with Crippen LogP contribution in [0.5, 0.6) is 0 Å². The number of unbranched alkanes of at least 4 members (excludes halogenated alkanes) is 1. The second-order valence-electron chi connectivity index (χ2n) is 6.01. The van der Waals surface area contributed by atoms with Gasteiger partial charge in [0.25, 0.3) is 5.91 Å². The number of allylic oxidation sites excluding steroid dienone is 1. The summed E-state index contributed by atoms with van der Waals surface area (Å²) in [6.07, 6.45) is 2.17. The molecule has 0 aromatic heterocycles. The van der Waals surface area contributed by atoms with E-state index in [1.54, 1.807) is 60.7 Å². The van der Waals surface area contributed by atoms with Crippen LogP contribution >= 0.6 is 0 Å². The fraction of sp³-hybridized carbons (Fsp3) is 0.238. The molecule has 2 aromatic carbocycles. The van der Waals surface area contributed by atoms with E-state index in [1.807, 2.05) is 6.92 Å². The highest BCUT2D eigenvalue weighted by atomic mass is 19.1. The summed E-state index contributed by atoms with van der Waals surface area (Å²) in [6.45, 7) is 1.91. The minimum absolute atomic E-state index is 0.312. The Labute approximate surface area is 152 Å². The first-order valence-electron chi connectivity index (χ1n) is 8.50. The molecule has 0 spiro atoms. The number of nitrogens with one attached hydrogen (secondary N) is 1. The molecule has 0 aliphatic carbocycles. The van der Waals surface area contributed by atoms with Crippen LogP contribution in [0.3, 0.4) is 0 Å². The molecule has 2 aromatic rings. The van der Waals surface area contributed by atoms with Crippen molar-refractivity contribution in [3.8, 4) is 0 Å². The lowest BCUT2D eigenvalue weighted by Crippen LogP contribution is -2.52. The van der Waals surface area contributed by atoms with Crippen LogP contribution in [0.15, 0.2) is 72.6 Å². The molecule has 136 valence electrons. The zero-order chi connectivity index (χ0) is 19.0. The number of benzene rings is 2. The van der Waals surface area contributed by atoms with Crippen LogP contribution in [0.2, 0.25) is 0 Å². The van der Waals surface area contributed by atoms with Crippen molar-refractivity contribution in [3.05, 3.63) is 83.7 Å². The summed E-state index contributed by atoms with van der Waals surface area (Å²) < 4.78 is 14.4. The Bertz CT molecular complexity index is 774. The van der Waals surface area contributed by atoms with Crippen molar-refractivity contribution < 1.29 is 19.1 Å². The summed E-state index contributed by atoms with van der Waals surface area (Å²) >= 11 is 0. The third kappa shape index (κ3) is 4.57. The smallest absolute Gasteiger partial charge is 0.334 e. The molecule has 1 amide bonds. The number of amides is 1. The second-order valence-corrected chi connectivity index (χ2v) is 6.01. The summed E-state index contributed by atoms with van der Waals surface area (Å²) in [7, 11) is 0. The second kappa shape index (κ2) is 8.94. The van der Waals surface area contributed by atoms with E-state index in [9.17, 15) is 19.1 Å². The quantitative estimate of drug-likeness (QED) is 0.736. The van der Waals surface area contributed by atoms with E-state index in [0.717, 1.165) is 6.42 Å². The summed E-state index contributed by atoms with van der Waals surface area (Å²) in [6, 6.07) is 16.5. The van der Waals surface area contributed by atoms with Gasteiger partial charge in [0, 0.05) is 12.0 Å². The maximum atomic E-state index is 14.4. The van der Waals surface area contributed by atoms with E-state index in [2.05, 4.69) is 5.32 Å². The lowest BCUT2D eigenvalue weighted by Gasteiger charge is -2.30. The third-order valence-corrected chi connectivity index (χ3v) is 4.08. The van der Waals surface area contributed by atoms with Crippen LogP contribution in [0.25, 0.3) is 0 Å². The average molecular weight is 355 g/mol. The van der Waals surface area contributed by atoms with Crippen LogP contribution in [0.4, 0.5) is 4.39 Å². The minimum atomic E-state index is -1.89. The van der Waals surface area contributed by atoms with Crippen molar-refractivity contribution in [1.82, 2.24) is 5.32 Å². The summed E-state index contributed by atoms with van der Waals surface area (Å²) in [5, 5.41) is 12.5. The number of carbonyl (C=O) groups is 2. The molecule has 0 heterocycles. The Hall–Kier alpha value is -2.95. The van der Waals surface area contributed by atoms with Gasteiger partial charge in [0.1, 0.15) is 0 Å². The molecule has 26 heavy (non-hydrogen) atoms. The predicted octanol–water partition coefficient (Wildman–Crippen LogP) is 4.44. The number of carboxylic acids is 1. The molecular weight excluding hydrogens is 333 g/mol. The summed E-state index contributed by atoms with van der Waals surface area (Å²) in [5.74, 6) is -2.44. The number of hydrogen-bond donors (Lipinski definition) is 2. The predicted molar refractivity (Wildman–Crippen MR) is 98.4 cm³/mol. The topological polar surface area (TPSA) is 66.4 Å². The molecular formula is C21H22FNO3. The number of aliphatic carboxylic acids is 1. The fourth-order valence-corrected chi connectivity index (χ4v) is 2.68. The molecule has 0 radical (unpaired) electrons. The third-order valence-electron chi connectivity index (χ3n) is 4.08. The number of rotatable bonds is 8. The molecule has 2 N–H and O–H groups in total. The fourth-order valence-electron chi connectivity index (χ4n) is 2.68. The van der Waals surface area contributed by atoms with Gasteiger partial charge in [-0.25, -0.2) is 9.18 Å². The van der Waals surface area contributed by atoms with Crippen molar-refractivity contribution in [2.75, 3.05) is 0 Å². The summed E-state index contributed by atoms with van der Waals surface area (Å²) in [4.78, 5) is 24.8. The van der Waals surface area contributed by atoms with E-state index < -0.39 is 29.7 Å². The highest BCUT2D eigenvalue weighted by Crippen LogP contribution is 2.30. The zero-order valence-corrected chi connectivity index (χ0v) is 14.6. The Morgan fingerprint density at radius 3 is 2.19 bits per heavy atom. The lowest BCUT2D eigenvalue weighted by molar-refractivity contribution is -0.145. The van der Waals surface area contributed by atoms with Crippen LogP contribution in [0, 0.1) is 0 Å². The van der Waals surface area contributed by atoms with Gasteiger partial charge >= 0.3 is 5.97 Å². The van der Waals surface area contributed by atoms with Gasteiger partial charge in [0.2, 0.25) is 0 Å². The molecule has 4 nitrogen and oxygen atoms in total. The van der Waals surface area contributed by atoms with Crippen molar-refractivity contribution in [1.29, 1.82) is 0 Å². The Morgan fingerprint density at radius 2 is 1.65 bits per heavy atom. The zero-order valence-electron chi connectivity index (χ0n) is 14.6. The number of carbonyl (C=O) groups excluding carboxylic acids is 1. The van der Waals surface area contributed by atoms with E-state index >= 15 is 0 Å². The Kier molecular flexibility index (Phi) is 6.67. The number of halogens is 1. The van der Waals surface area contributed by atoms with E-state index in [0.29, 0.717) is 17.5 Å². The normalized spacial score (nSPS) is 13.7. The molecule has 1 atom stereocenters. The first-order chi connectivity index (χ1) is 12.5. The maximum Gasteiger partial charge on any atom is 0.334 e. The van der Waals surface area contributed by atoms with Crippen molar-refractivity contribution in [3.63, 3.8) is 0 Å². The van der Waals surface area contributed by atoms with Crippen LogP contribution in [0.1, 0.15) is 42.1 Å². The molecule has 2 rings (SSSR count). The maximum absolute atomic E-state index is 14.4. The minimum Gasteiger partial charge on any atom is -0.479 e. The number of hydrogen-bond acceptors (Lipinski definition) is 2. The van der Waals surface area contributed by atoms with Crippen LogP contribution in [-0.4, -0.2) is 17.0 Å². The van der Waals surface area contributed by atoms with Crippen LogP contribution < -0.4 is 5.32 Å². The van der Waals surface area contributed by atoms with Gasteiger partial charge in [-0.1, -0.05) is 68.0 Å². The molecule has 1 unspecified atom stereocenters. The van der Waals surface area contributed by atoms with Gasteiger partial charge in [-0.2, -0.15) is 0 Å². The van der Waals surface area contributed by atoms with E-state index in [4.69, 9.17) is 0 Å². The lowest BCUT2D eigenvalue weighted by atomic mass is 9.85. The van der Waals surface area contributed by atoms with E-state index in [-0.39, 0.29) is 0 Å². The van der Waals surface area contributed by atoms with Crippen molar-refractivity contribution in [2.45, 2.75) is 31.7 Å². The average Bonchev–Trinajstić information content (AvgIpc) is 2.67. The SMILES string of the molecule is CCC/C=C(\F)CC(NC(=O)c1ccccc1)(C(=O)O)c1ccccc1. The van der Waals surface area contributed by atoms with Crippen molar-refractivity contribution >= 4 is 11.9 Å². The molecule has 0 aliphatic heterocycles. The van der Waals surface area contributed by atoms with Gasteiger partial charge in [0.15, 0.2) is 5.54 Å². The largest absolute Gasteiger partial charge is 0.479 e. The van der Waals surface area contributed by atoms with Gasteiger partial charge < -0.3 is 10.4 Å². The van der Waals surface area contributed by atoms with E-state index in [1.165, 1.54) is 6.08 Å². The molecule has 5 heteroatoms. The Morgan fingerprint density at radius 1 is 1.08 bits per heavy atom. The van der Waals surface area contributed by atoms with Crippen LogP contribution in [-0.2, 0) is 10.3 Å². The van der Waals surface area contributed by atoms with Gasteiger partial charge in [-0.3, -0.25) is 4.79 Å². The molecule has 0 aliphatic rings. The molecule has 0 fully saturated rings. The highest BCUT2D eigenvalue weighted by molar-refractivity contribution is 5.98. The molecule has 0 saturated heterocycles. The van der Waals surface area contributed by atoms with Gasteiger partial charge in [-0.05, 0) is 24.1 Å². The van der Waals surface area contributed by atoms with Gasteiger partial charge in [0.05, 0.1) is 5.83 Å². The van der Waals surface area contributed by atoms with Crippen molar-refractivity contribution in [2.24, 2.45) is 0 Å². The number of carboxylic acid groups (broad SMARTS) is 1. The summed E-state index contributed by atoms with van der Waals surface area (Å²) in [5.41, 5.74) is -1.26. The first kappa shape index (κ1) is 19.4. The molecule has 0 bridgehead atoms. The monoisotopic (exact) mass is 355 g/mol. The highest BCUT2D eigenvalue weighted by Gasteiger charge is 2.43. The molecule has 0 saturated carbocycles. The Balaban J connectivity index is 2.45.